The van der Waals surface area contributed by atoms with Gasteiger partial charge < -0.3 is 14.2 Å². The topological polar surface area (TPSA) is 27.7 Å². The van der Waals surface area contributed by atoms with Crippen molar-refractivity contribution in [2.45, 2.75) is 48.8 Å². The Morgan fingerprint density at radius 3 is 2.90 bits per heavy atom. The minimum atomic E-state index is 0.147. The van der Waals surface area contributed by atoms with Crippen molar-refractivity contribution < 1.29 is 14.2 Å². The lowest BCUT2D eigenvalue weighted by atomic mass is 9.87. The number of rotatable bonds is 6. The van der Waals surface area contributed by atoms with Crippen molar-refractivity contribution in [3.05, 3.63) is 35.4 Å². The lowest BCUT2D eigenvalue weighted by Crippen LogP contribution is -2.51. The van der Waals surface area contributed by atoms with E-state index in [0.717, 1.165) is 12.8 Å². The SMILES string of the molecule is COCCOC1C(Br)CC1OC1CCCc2ccccc21. The molecule has 1 aromatic rings. The van der Waals surface area contributed by atoms with Crippen LogP contribution >= 0.6 is 15.9 Å². The van der Waals surface area contributed by atoms with Crippen LogP contribution in [0.5, 0.6) is 0 Å². The summed E-state index contributed by atoms with van der Waals surface area (Å²) >= 11 is 3.67. The smallest absolute Gasteiger partial charge is 0.0964 e. The molecule has 0 bridgehead atoms. The third kappa shape index (κ3) is 3.50. The molecule has 0 radical (unpaired) electrons. The summed E-state index contributed by atoms with van der Waals surface area (Å²) in [5.74, 6) is 0. The van der Waals surface area contributed by atoms with Crippen LogP contribution in [0.25, 0.3) is 0 Å². The second-order valence-electron chi connectivity index (χ2n) is 5.83. The second kappa shape index (κ2) is 7.23. The molecule has 0 aromatic heterocycles. The molecule has 2 aliphatic rings. The number of ether oxygens (including phenoxy) is 3. The summed E-state index contributed by atoms with van der Waals surface area (Å²) in [7, 11) is 1.70. The van der Waals surface area contributed by atoms with Crippen molar-refractivity contribution in [2.24, 2.45) is 0 Å². The van der Waals surface area contributed by atoms with E-state index in [2.05, 4.69) is 40.2 Å². The van der Waals surface area contributed by atoms with Crippen LogP contribution in [0, 0.1) is 0 Å². The summed E-state index contributed by atoms with van der Waals surface area (Å²) in [5.41, 5.74) is 2.82. The summed E-state index contributed by atoms with van der Waals surface area (Å²) in [6, 6.07) is 8.67. The first-order valence-corrected chi connectivity index (χ1v) is 8.69. The number of halogens is 1. The number of aryl methyl sites for hydroxylation is 1. The average Bonchev–Trinajstić information content (AvgIpc) is 2.51. The Labute approximate surface area is 135 Å². The van der Waals surface area contributed by atoms with Crippen LogP contribution in [0.15, 0.2) is 24.3 Å². The van der Waals surface area contributed by atoms with E-state index in [9.17, 15) is 0 Å². The summed E-state index contributed by atoms with van der Waals surface area (Å²) in [4.78, 5) is 0.401. The zero-order valence-corrected chi connectivity index (χ0v) is 14.1. The van der Waals surface area contributed by atoms with Crippen molar-refractivity contribution in [3.8, 4) is 0 Å². The summed E-state index contributed by atoms with van der Waals surface area (Å²) in [6.07, 6.45) is 5.10. The normalized spacial score (nSPS) is 31.5. The van der Waals surface area contributed by atoms with Gasteiger partial charge in [0.15, 0.2) is 0 Å². The highest BCUT2D eigenvalue weighted by Crippen LogP contribution is 2.40. The minimum absolute atomic E-state index is 0.147. The summed E-state index contributed by atoms with van der Waals surface area (Å²) in [6.45, 7) is 1.26. The quantitative estimate of drug-likeness (QED) is 0.576. The van der Waals surface area contributed by atoms with Crippen molar-refractivity contribution in [1.29, 1.82) is 0 Å². The molecular weight excluding hydrogens is 332 g/mol. The molecule has 4 unspecified atom stereocenters. The fraction of sp³-hybridized carbons (Fsp3) is 0.647. The number of methoxy groups -OCH3 is 1. The van der Waals surface area contributed by atoms with Gasteiger partial charge >= 0.3 is 0 Å². The van der Waals surface area contributed by atoms with Crippen molar-refractivity contribution in [1.82, 2.24) is 0 Å². The summed E-state index contributed by atoms with van der Waals surface area (Å²) in [5, 5.41) is 0. The highest BCUT2D eigenvalue weighted by atomic mass is 79.9. The third-order valence-electron chi connectivity index (χ3n) is 4.43. The molecule has 1 aromatic carbocycles. The van der Waals surface area contributed by atoms with Gasteiger partial charge in [-0.25, -0.2) is 0 Å². The van der Waals surface area contributed by atoms with Gasteiger partial charge in [0.05, 0.1) is 31.5 Å². The van der Waals surface area contributed by atoms with E-state index >= 15 is 0 Å². The van der Waals surface area contributed by atoms with Gasteiger partial charge in [0.25, 0.3) is 0 Å². The highest BCUT2D eigenvalue weighted by Gasteiger charge is 2.43. The monoisotopic (exact) mass is 354 g/mol. The number of hydrogen-bond acceptors (Lipinski definition) is 3. The fourth-order valence-electron chi connectivity index (χ4n) is 3.20. The molecule has 4 heteroatoms. The number of benzene rings is 1. The van der Waals surface area contributed by atoms with Gasteiger partial charge in [-0.15, -0.1) is 0 Å². The van der Waals surface area contributed by atoms with E-state index in [0.29, 0.717) is 18.0 Å². The molecule has 0 N–H and O–H groups in total. The second-order valence-corrected chi connectivity index (χ2v) is 7.01. The number of alkyl halides is 1. The van der Waals surface area contributed by atoms with E-state index in [4.69, 9.17) is 14.2 Å². The lowest BCUT2D eigenvalue weighted by Gasteiger charge is -2.43. The first-order valence-electron chi connectivity index (χ1n) is 7.77. The molecule has 116 valence electrons. The van der Waals surface area contributed by atoms with E-state index in [1.807, 2.05) is 0 Å². The van der Waals surface area contributed by atoms with E-state index < -0.39 is 0 Å². The van der Waals surface area contributed by atoms with Crippen LogP contribution in [0.4, 0.5) is 0 Å². The lowest BCUT2D eigenvalue weighted by molar-refractivity contribution is -0.153. The summed E-state index contributed by atoms with van der Waals surface area (Å²) < 4.78 is 17.3. The Morgan fingerprint density at radius 2 is 2.10 bits per heavy atom. The van der Waals surface area contributed by atoms with Crippen molar-refractivity contribution >= 4 is 15.9 Å². The molecule has 1 fully saturated rings. The molecule has 3 nitrogen and oxygen atoms in total. The molecule has 1 saturated carbocycles. The van der Waals surface area contributed by atoms with Crippen LogP contribution < -0.4 is 0 Å². The third-order valence-corrected chi connectivity index (χ3v) is 5.33. The highest BCUT2D eigenvalue weighted by molar-refractivity contribution is 9.09. The van der Waals surface area contributed by atoms with Crippen LogP contribution in [0.3, 0.4) is 0 Å². The maximum absolute atomic E-state index is 6.37. The largest absolute Gasteiger partial charge is 0.382 e. The van der Waals surface area contributed by atoms with Gasteiger partial charge in [-0.2, -0.15) is 0 Å². The Bertz CT molecular complexity index is 465. The number of hydrogen-bond donors (Lipinski definition) is 0. The Morgan fingerprint density at radius 1 is 1.24 bits per heavy atom. The molecule has 0 saturated heterocycles. The predicted molar refractivity (Wildman–Crippen MR) is 85.9 cm³/mol. The Hall–Kier alpha value is -0.420. The van der Waals surface area contributed by atoms with Gasteiger partial charge in [-0.3, -0.25) is 0 Å². The van der Waals surface area contributed by atoms with Gasteiger partial charge in [-0.05, 0) is 36.8 Å². The van der Waals surface area contributed by atoms with E-state index in [1.165, 1.54) is 24.0 Å². The number of fused-ring (bicyclic) bond motifs is 1. The van der Waals surface area contributed by atoms with Crippen LogP contribution in [0.2, 0.25) is 0 Å². The van der Waals surface area contributed by atoms with E-state index in [1.54, 1.807) is 7.11 Å². The molecule has 2 aliphatic carbocycles. The zero-order chi connectivity index (χ0) is 14.7. The van der Waals surface area contributed by atoms with Crippen molar-refractivity contribution in [2.75, 3.05) is 20.3 Å². The van der Waals surface area contributed by atoms with Crippen molar-refractivity contribution in [3.63, 3.8) is 0 Å². The minimum Gasteiger partial charge on any atom is -0.382 e. The van der Waals surface area contributed by atoms with Crippen LogP contribution in [-0.2, 0) is 20.6 Å². The molecule has 0 heterocycles. The maximum atomic E-state index is 6.37. The van der Waals surface area contributed by atoms with Gasteiger partial charge in [0, 0.05) is 11.9 Å². The predicted octanol–water partition coefficient (Wildman–Crippen LogP) is 3.65. The first kappa shape index (κ1) is 15.5. The Kier molecular flexibility index (Phi) is 5.33. The molecule has 4 atom stereocenters. The molecule has 3 rings (SSSR count). The zero-order valence-electron chi connectivity index (χ0n) is 12.5. The molecular formula is C17H23BrO3. The van der Waals surface area contributed by atoms with Gasteiger partial charge in [0.2, 0.25) is 0 Å². The molecule has 0 spiro atoms. The van der Waals surface area contributed by atoms with Gasteiger partial charge in [-0.1, -0.05) is 40.2 Å². The molecule has 0 aliphatic heterocycles. The standard InChI is InChI=1S/C17H23BrO3/c1-19-9-10-20-17-14(18)11-16(17)21-15-8-4-6-12-5-2-3-7-13(12)15/h2-3,5,7,14-17H,4,6,8-11H2,1H3. The van der Waals surface area contributed by atoms with Crippen LogP contribution in [0.1, 0.15) is 36.5 Å². The fourth-order valence-corrected chi connectivity index (χ4v) is 4.06. The Balaban J connectivity index is 1.59. The average molecular weight is 355 g/mol. The maximum Gasteiger partial charge on any atom is 0.0964 e. The van der Waals surface area contributed by atoms with Crippen LogP contribution in [-0.4, -0.2) is 37.4 Å². The first-order chi connectivity index (χ1) is 10.3. The van der Waals surface area contributed by atoms with Gasteiger partial charge in [0.1, 0.15) is 0 Å². The molecule has 21 heavy (non-hydrogen) atoms. The van der Waals surface area contributed by atoms with E-state index in [-0.39, 0.29) is 18.3 Å². The molecule has 0 amide bonds.